The highest BCUT2D eigenvalue weighted by molar-refractivity contribution is 5.48. The third kappa shape index (κ3) is 3.47. The lowest BCUT2D eigenvalue weighted by Gasteiger charge is -2.15. The highest BCUT2D eigenvalue weighted by Crippen LogP contribution is 2.28. The first-order chi connectivity index (χ1) is 8.11. The molecule has 0 aliphatic heterocycles. The summed E-state index contributed by atoms with van der Waals surface area (Å²) >= 11 is 0. The third-order valence-corrected chi connectivity index (χ3v) is 3.39. The quantitative estimate of drug-likeness (QED) is 0.765. The van der Waals surface area contributed by atoms with Crippen LogP contribution in [0.5, 0.6) is 5.75 Å². The summed E-state index contributed by atoms with van der Waals surface area (Å²) in [6, 6.07) is 2.27. The topological polar surface area (TPSA) is 21.3 Å². The summed E-state index contributed by atoms with van der Waals surface area (Å²) < 4.78 is 5.44. The lowest BCUT2D eigenvalue weighted by Crippen LogP contribution is -2.14. The van der Waals surface area contributed by atoms with E-state index >= 15 is 0 Å². The van der Waals surface area contributed by atoms with Crippen LogP contribution in [0.4, 0.5) is 0 Å². The maximum absolute atomic E-state index is 5.44. The molecule has 0 saturated carbocycles. The number of hydrogen-bond donors (Lipinski definition) is 1. The highest BCUT2D eigenvalue weighted by Gasteiger charge is 2.09. The Morgan fingerprint density at radius 1 is 1.18 bits per heavy atom. The smallest absolute Gasteiger partial charge is 0.124 e. The van der Waals surface area contributed by atoms with E-state index in [0.717, 1.165) is 25.3 Å². The van der Waals surface area contributed by atoms with Gasteiger partial charge in [-0.3, -0.25) is 0 Å². The molecule has 0 saturated heterocycles. The van der Waals surface area contributed by atoms with E-state index in [0.29, 0.717) is 0 Å². The maximum atomic E-state index is 5.44. The summed E-state index contributed by atoms with van der Waals surface area (Å²) in [6.07, 6.45) is 2.34. The van der Waals surface area contributed by atoms with Crippen LogP contribution < -0.4 is 10.1 Å². The van der Waals surface area contributed by atoms with Crippen LogP contribution in [-0.2, 0) is 6.42 Å². The van der Waals surface area contributed by atoms with Crippen LogP contribution in [0, 0.1) is 20.8 Å². The van der Waals surface area contributed by atoms with Gasteiger partial charge in [-0.15, -0.1) is 0 Å². The van der Waals surface area contributed by atoms with E-state index in [4.69, 9.17) is 4.74 Å². The standard InChI is InChI=1S/C15H25NO/c1-6-16-9-7-8-14-10-11(2)15(17-5)13(4)12(14)3/h10,16H,6-9H2,1-5H3. The SMILES string of the molecule is CCNCCCc1cc(C)c(OC)c(C)c1C. The van der Waals surface area contributed by atoms with Crippen LogP contribution in [0.15, 0.2) is 6.07 Å². The zero-order valence-electron chi connectivity index (χ0n) is 11.8. The van der Waals surface area contributed by atoms with Gasteiger partial charge in [0.25, 0.3) is 0 Å². The van der Waals surface area contributed by atoms with Crippen molar-refractivity contribution in [2.75, 3.05) is 20.2 Å². The number of nitrogens with one attached hydrogen (secondary N) is 1. The molecule has 1 aromatic rings. The van der Waals surface area contributed by atoms with Gasteiger partial charge in [0, 0.05) is 0 Å². The molecule has 1 rings (SSSR count). The van der Waals surface area contributed by atoms with Gasteiger partial charge in [-0.1, -0.05) is 13.0 Å². The predicted molar refractivity (Wildman–Crippen MR) is 74.1 cm³/mol. The number of aryl methyl sites for hydroxylation is 2. The summed E-state index contributed by atoms with van der Waals surface area (Å²) in [6.45, 7) is 10.8. The zero-order valence-corrected chi connectivity index (χ0v) is 11.8. The predicted octanol–water partition coefficient (Wildman–Crippen LogP) is 3.16. The van der Waals surface area contributed by atoms with Gasteiger partial charge < -0.3 is 10.1 Å². The molecule has 0 bridgehead atoms. The highest BCUT2D eigenvalue weighted by atomic mass is 16.5. The van der Waals surface area contributed by atoms with Crippen LogP contribution >= 0.6 is 0 Å². The molecule has 0 aliphatic rings. The molecule has 0 unspecified atom stereocenters. The van der Waals surface area contributed by atoms with Crippen molar-refractivity contribution < 1.29 is 4.74 Å². The molecule has 17 heavy (non-hydrogen) atoms. The molecule has 0 atom stereocenters. The van der Waals surface area contributed by atoms with E-state index in [1.165, 1.54) is 28.7 Å². The van der Waals surface area contributed by atoms with E-state index in [2.05, 4.69) is 39.1 Å². The monoisotopic (exact) mass is 235 g/mol. The van der Waals surface area contributed by atoms with Crippen molar-refractivity contribution in [1.82, 2.24) is 5.32 Å². The first kappa shape index (κ1) is 14.0. The Morgan fingerprint density at radius 3 is 2.47 bits per heavy atom. The molecular weight excluding hydrogens is 210 g/mol. The van der Waals surface area contributed by atoms with Crippen molar-refractivity contribution in [3.05, 3.63) is 28.3 Å². The van der Waals surface area contributed by atoms with Gasteiger partial charge in [0.05, 0.1) is 7.11 Å². The minimum atomic E-state index is 1.04. The van der Waals surface area contributed by atoms with Crippen molar-refractivity contribution in [2.45, 2.75) is 40.5 Å². The van der Waals surface area contributed by atoms with Gasteiger partial charge in [-0.05, 0) is 69.0 Å². The summed E-state index contributed by atoms with van der Waals surface area (Å²) in [5, 5.41) is 3.37. The average molecular weight is 235 g/mol. The van der Waals surface area contributed by atoms with E-state index in [1.807, 2.05) is 0 Å². The van der Waals surface area contributed by atoms with Crippen molar-refractivity contribution in [1.29, 1.82) is 0 Å². The molecule has 2 heteroatoms. The lowest BCUT2D eigenvalue weighted by molar-refractivity contribution is 0.408. The van der Waals surface area contributed by atoms with Gasteiger partial charge >= 0.3 is 0 Å². The third-order valence-electron chi connectivity index (χ3n) is 3.39. The normalized spacial score (nSPS) is 10.6. The van der Waals surface area contributed by atoms with Crippen LogP contribution in [-0.4, -0.2) is 20.2 Å². The fourth-order valence-electron chi connectivity index (χ4n) is 2.30. The molecule has 0 fully saturated rings. The first-order valence-electron chi connectivity index (χ1n) is 6.46. The maximum Gasteiger partial charge on any atom is 0.124 e. The van der Waals surface area contributed by atoms with E-state index in [1.54, 1.807) is 7.11 Å². The first-order valence-corrected chi connectivity index (χ1v) is 6.46. The fourth-order valence-corrected chi connectivity index (χ4v) is 2.30. The van der Waals surface area contributed by atoms with Crippen molar-refractivity contribution in [3.63, 3.8) is 0 Å². The molecular formula is C15H25NO. The van der Waals surface area contributed by atoms with Gasteiger partial charge in [0.2, 0.25) is 0 Å². The molecule has 96 valence electrons. The Morgan fingerprint density at radius 2 is 1.88 bits per heavy atom. The summed E-state index contributed by atoms with van der Waals surface area (Å²) in [7, 11) is 1.75. The van der Waals surface area contributed by atoms with Gasteiger partial charge in [-0.2, -0.15) is 0 Å². The molecule has 0 aliphatic carbocycles. The van der Waals surface area contributed by atoms with E-state index < -0.39 is 0 Å². The van der Waals surface area contributed by atoms with Crippen LogP contribution in [0.2, 0.25) is 0 Å². The molecule has 0 spiro atoms. The second kappa shape index (κ2) is 6.65. The van der Waals surface area contributed by atoms with Gasteiger partial charge in [0.1, 0.15) is 5.75 Å². The number of rotatable bonds is 6. The molecule has 0 heterocycles. The fraction of sp³-hybridized carbons (Fsp3) is 0.600. The molecule has 0 aromatic heterocycles. The minimum Gasteiger partial charge on any atom is -0.496 e. The summed E-state index contributed by atoms with van der Waals surface area (Å²) in [4.78, 5) is 0. The Labute approximate surface area is 105 Å². The van der Waals surface area contributed by atoms with Gasteiger partial charge in [-0.25, -0.2) is 0 Å². The van der Waals surface area contributed by atoms with E-state index in [-0.39, 0.29) is 0 Å². The number of benzene rings is 1. The van der Waals surface area contributed by atoms with Gasteiger partial charge in [0.15, 0.2) is 0 Å². The minimum absolute atomic E-state index is 1.04. The second-order valence-electron chi connectivity index (χ2n) is 4.59. The molecule has 1 N–H and O–H groups in total. The summed E-state index contributed by atoms with van der Waals surface area (Å²) in [5.74, 6) is 1.04. The zero-order chi connectivity index (χ0) is 12.8. The van der Waals surface area contributed by atoms with Crippen molar-refractivity contribution in [2.24, 2.45) is 0 Å². The largest absolute Gasteiger partial charge is 0.496 e. The Kier molecular flexibility index (Phi) is 5.49. The van der Waals surface area contributed by atoms with Crippen LogP contribution in [0.3, 0.4) is 0 Å². The van der Waals surface area contributed by atoms with Crippen LogP contribution in [0.25, 0.3) is 0 Å². The molecule has 0 radical (unpaired) electrons. The summed E-state index contributed by atoms with van der Waals surface area (Å²) in [5.41, 5.74) is 5.36. The Bertz CT molecular complexity index is 372. The number of ether oxygens (including phenoxy) is 1. The van der Waals surface area contributed by atoms with Crippen LogP contribution in [0.1, 0.15) is 35.6 Å². The average Bonchev–Trinajstić information content (AvgIpc) is 2.31. The molecule has 0 amide bonds. The Hall–Kier alpha value is -1.02. The lowest BCUT2D eigenvalue weighted by atomic mass is 9.95. The number of hydrogen-bond acceptors (Lipinski definition) is 2. The molecule has 1 aromatic carbocycles. The second-order valence-corrected chi connectivity index (χ2v) is 4.59. The van der Waals surface area contributed by atoms with Crippen molar-refractivity contribution in [3.8, 4) is 5.75 Å². The molecule has 2 nitrogen and oxygen atoms in total. The van der Waals surface area contributed by atoms with Crippen molar-refractivity contribution >= 4 is 0 Å². The Balaban J connectivity index is 2.80. The number of methoxy groups -OCH3 is 1. The van der Waals surface area contributed by atoms with E-state index in [9.17, 15) is 0 Å².